The third kappa shape index (κ3) is 2.69. The van der Waals surface area contributed by atoms with E-state index in [4.69, 9.17) is 0 Å². The highest BCUT2D eigenvalue weighted by atomic mass is 15.2. The van der Waals surface area contributed by atoms with E-state index in [1.807, 2.05) is 0 Å². The molecule has 2 nitrogen and oxygen atoms in total. The summed E-state index contributed by atoms with van der Waals surface area (Å²) < 4.78 is 0. The van der Waals surface area contributed by atoms with E-state index in [2.05, 4.69) is 63.0 Å². The third-order valence-electron chi connectivity index (χ3n) is 3.87. The predicted molar refractivity (Wildman–Crippen MR) is 79.4 cm³/mol. The van der Waals surface area contributed by atoms with Crippen molar-refractivity contribution >= 4 is 5.69 Å². The summed E-state index contributed by atoms with van der Waals surface area (Å²) in [4.78, 5) is 2.59. The van der Waals surface area contributed by atoms with Gasteiger partial charge in [-0.15, -0.1) is 0 Å². The maximum Gasteiger partial charge on any atom is 0.0473 e. The minimum Gasteiger partial charge on any atom is -0.362 e. The first kappa shape index (κ1) is 13.4. The molecule has 1 unspecified atom stereocenters. The van der Waals surface area contributed by atoms with Gasteiger partial charge in [-0.25, -0.2) is 0 Å². The molecule has 0 aliphatic carbocycles. The van der Waals surface area contributed by atoms with E-state index in [1.54, 1.807) is 0 Å². The average molecular weight is 246 g/mol. The van der Waals surface area contributed by atoms with E-state index in [9.17, 15) is 0 Å². The van der Waals surface area contributed by atoms with Crippen molar-refractivity contribution in [3.8, 4) is 0 Å². The Morgan fingerprint density at radius 1 is 1.17 bits per heavy atom. The molecule has 2 rings (SSSR count). The van der Waals surface area contributed by atoms with Gasteiger partial charge in [-0.05, 0) is 70.8 Å². The maximum absolute atomic E-state index is 3.56. The Kier molecular flexibility index (Phi) is 3.67. The van der Waals surface area contributed by atoms with E-state index in [0.29, 0.717) is 6.04 Å². The second-order valence-electron chi connectivity index (χ2n) is 6.34. The second-order valence-corrected chi connectivity index (χ2v) is 6.34. The van der Waals surface area contributed by atoms with E-state index in [-0.39, 0.29) is 5.54 Å². The smallest absolute Gasteiger partial charge is 0.0473 e. The van der Waals surface area contributed by atoms with Gasteiger partial charge in [0.25, 0.3) is 0 Å². The van der Waals surface area contributed by atoms with Gasteiger partial charge in [0, 0.05) is 23.8 Å². The van der Waals surface area contributed by atoms with Crippen molar-refractivity contribution in [3.05, 3.63) is 29.3 Å². The Morgan fingerprint density at radius 3 is 2.39 bits per heavy atom. The van der Waals surface area contributed by atoms with E-state index < -0.39 is 0 Å². The highest BCUT2D eigenvalue weighted by Gasteiger charge is 2.32. The van der Waals surface area contributed by atoms with Crippen LogP contribution in [0.2, 0.25) is 0 Å². The molecule has 2 heteroatoms. The molecular weight excluding hydrogens is 220 g/mol. The van der Waals surface area contributed by atoms with Gasteiger partial charge >= 0.3 is 0 Å². The molecular formula is C16H26N2. The molecule has 1 aliphatic heterocycles. The van der Waals surface area contributed by atoms with Gasteiger partial charge in [0.15, 0.2) is 0 Å². The molecule has 1 atom stereocenters. The zero-order chi connectivity index (χ0) is 13.3. The van der Waals surface area contributed by atoms with Crippen LogP contribution in [-0.4, -0.2) is 24.7 Å². The Labute approximate surface area is 111 Å². The molecule has 1 N–H and O–H groups in total. The molecule has 1 aliphatic rings. The molecule has 1 aromatic carbocycles. The van der Waals surface area contributed by atoms with Crippen LogP contribution < -0.4 is 10.2 Å². The normalized spacial score (nSPS) is 23.8. The number of anilines is 1. The molecule has 0 aromatic heterocycles. The molecule has 0 radical (unpaired) electrons. The fraction of sp³-hybridized carbons (Fsp3) is 0.625. The Morgan fingerprint density at radius 2 is 1.78 bits per heavy atom. The number of hydrogen-bond acceptors (Lipinski definition) is 2. The summed E-state index contributed by atoms with van der Waals surface area (Å²) in [6.07, 6.45) is 1.20. The monoisotopic (exact) mass is 246 g/mol. The molecule has 0 saturated carbocycles. The average Bonchev–Trinajstić information content (AvgIpc) is 2.35. The highest BCUT2D eigenvalue weighted by Crippen LogP contribution is 2.30. The van der Waals surface area contributed by atoms with Gasteiger partial charge in [-0.2, -0.15) is 0 Å². The fourth-order valence-corrected chi connectivity index (χ4v) is 3.21. The number of benzene rings is 1. The third-order valence-corrected chi connectivity index (χ3v) is 3.87. The standard InChI is InChI=1S/C16H26N2/c1-12-8-13(2)10-15(9-12)18-14(3)6-7-17-11-16(18,4)5/h8-10,14,17H,6-7,11H2,1-5H3. The van der Waals surface area contributed by atoms with Crippen molar-refractivity contribution in [1.82, 2.24) is 5.32 Å². The molecule has 100 valence electrons. The molecule has 1 aromatic rings. The SMILES string of the molecule is Cc1cc(C)cc(N2C(C)CCNCC2(C)C)c1. The van der Waals surface area contributed by atoms with Crippen LogP contribution >= 0.6 is 0 Å². The van der Waals surface area contributed by atoms with Gasteiger partial charge in [0.2, 0.25) is 0 Å². The molecule has 1 heterocycles. The van der Waals surface area contributed by atoms with Gasteiger partial charge in [0.05, 0.1) is 0 Å². The van der Waals surface area contributed by atoms with Crippen LogP contribution in [0.1, 0.15) is 38.3 Å². The zero-order valence-corrected chi connectivity index (χ0v) is 12.4. The predicted octanol–water partition coefficient (Wildman–Crippen LogP) is 3.27. The number of nitrogens with zero attached hydrogens (tertiary/aromatic N) is 1. The molecule has 0 amide bonds. The summed E-state index contributed by atoms with van der Waals surface area (Å²) in [6.45, 7) is 13.5. The number of aryl methyl sites for hydroxylation is 2. The molecule has 1 saturated heterocycles. The lowest BCUT2D eigenvalue weighted by Crippen LogP contribution is -2.52. The van der Waals surface area contributed by atoms with E-state index in [0.717, 1.165) is 13.1 Å². The summed E-state index contributed by atoms with van der Waals surface area (Å²) >= 11 is 0. The first-order valence-corrected chi connectivity index (χ1v) is 6.98. The van der Waals surface area contributed by atoms with Crippen molar-refractivity contribution in [2.24, 2.45) is 0 Å². The quantitative estimate of drug-likeness (QED) is 0.818. The van der Waals surface area contributed by atoms with Crippen molar-refractivity contribution in [2.75, 3.05) is 18.0 Å². The van der Waals surface area contributed by atoms with Crippen LogP contribution in [0, 0.1) is 13.8 Å². The number of rotatable bonds is 1. The summed E-state index contributed by atoms with van der Waals surface area (Å²) in [5.74, 6) is 0. The van der Waals surface area contributed by atoms with Gasteiger partial charge in [0.1, 0.15) is 0 Å². The van der Waals surface area contributed by atoms with Crippen LogP contribution in [0.5, 0.6) is 0 Å². The first-order chi connectivity index (χ1) is 8.40. The lowest BCUT2D eigenvalue weighted by molar-refractivity contribution is 0.433. The molecule has 1 fully saturated rings. The van der Waals surface area contributed by atoms with Gasteiger partial charge in [-0.3, -0.25) is 0 Å². The van der Waals surface area contributed by atoms with Crippen molar-refractivity contribution in [2.45, 2.75) is 52.6 Å². The largest absolute Gasteiger partial charge is 0.362 e. The van der Waals surface area contributed by atoms with Gasteiger partial charge in [-0.1, -0.05) is 6.07 Å². The lowest BCUT2D eigenvalue weighted by atomic mass is 9.98. The van der Waals surface area contributed by atoms with Crippen LogP contribution in [0.15, 0.2) is 18.2 Å². The highest BCUT2D eigenvalue weighted by molar-refractivity contribution is 5.54. The zero-order valence-electron chi connectivity index (χ0n) is 12.4. The maximum atomic E-state index is 3.56. The van der Waals surface area contributed by atoms with Crippen LogP contribution in [0.3, 0.4) is 0 Å². The van der Waals surface area contributed by atoms with Crippen molar-refractivity contribution < 1.29 is 0 Å². The molecule has 18 heavy (non-hydrogen) atoms. The van der Waals surface area contributed by atoms with E-state index >= 15 is 0 Å². The second kappa shape index (κ2) is 4.93. The van der Waals surface area contributed by atoms with Gasteiger partial charge < -0.3 is 10.2 Å². The summed E-state index contributed by atoms with van der Waals surface area (Å²) in [5.41, 5.74) is 4.24. The Bertz CT molecular complexity index is 403. The summed E-state index contributed by atoms with van der Waals surface area (Å²) in [5, 5.41) is 3.56. The number of hydrogen-bond donors (Lipinski definition) is 1. The molecule has 0 spiro atoms. The van der Waals surface area contributed by atoms with E-state index in [1.165, 1.54) is 23.2 Å². The fourth-order valence-electron chi connectivity index (χ4n) is 3.21. The van der Waals surface area contributed by atoms with Crippen molar-refractivity contribution in [1.29, 1.82) is 0 Å². The number of nitrogens with one attached hydrogen (secondary N) is 1. The minimum absolute atomic E-state index is 0.163. The lowest BCUT2D eigenvalue weighted by Gasteiger charge is -2.43. The molecule has 0 bridgehead atoms. The Hall–Kier alpha value is -1.02. The van der Waals surface area contributed by atoms with Crippen LogP contribution in [-0.2, 0) is 0 Å². The van der Waals surface area contributed by atoms with Crippen LogP contribution in [0.4, 0.5) is 5.69 Å². The first-order valence-electron chi connectivity index (χ1n) is 6.98. The summed E-state index contributed by atoms with van der Waals surface area (Å²) in [6, 6.07) is 7.46. The Balaban J connectivity index is 2.43. The topological polar surface area (TPSA) is 15.3 Å². The minimum atomic E-state index is 0.163. The van der Waals surface area contributed by atoms with Crippen LogP contribution in [0.25, 0.3) is 0 Å². The van der Waals surface area contributed by atoms with Crippen molar-refractivity contribution in [3.63, 3.8) is 0 Å². The summed E-state index contributed by atoms with van der Waals surface area (Å²) in [7, 11) is 0.